The van der Waals surface area contributed by atoms with Gasteiger partial charge in [-0.05, 0) is 47.9 Å². The SMILES string of the molecule is CC(C)Sc1cc(C=N[C@H]2CCCC[C@@H]2N=Cc2cc(SC(C)C)cc(C(C)(C)C)c2O)c(O)c(C(C)(C)C)c1. The summed E-state index contributed by atoms with van der Waals surface area (Å²) in [5, 5.41) is 23.3. The molecular formula is C34H50N2O2S2. The van der Waals surface area contributed by atoms with Crippen molar-refractivity contribution in [3.8, 4) is 11.5 Å². The van der Waals surface area contributed by atoms with Crippen LogP contribution in [0, 0.1) is 0 Å². The van der Waals surface area contributed by atoms with Crippen LogP contribution in [-0.4, -0.2) is 45.2 Å². The van der Waals surface area contributed by atoms with Crippen LogP contribution < -0.4 is 0 Å². The van der Waals surface area contributed by atoms with Crippen LogP contribution in [0.1, 0.15) is 117 Å². The predicted octanol–water partition coefficient (Wildman–Crippen LogP) is 9.54. The fourth-order valence-electron chi connectivity index (χ4n) is 5.07. The molecule has 0 amide bonds. The van der Waals surface area contributed by atoms with Crippen molar-refractivity contribution in [1.82, 2.24) is 0 Å². The molecule has 0 unspecified atom stereocenters. The number of benzene rings is 2. The molecule has 2 atom stereocenters. The summed E-state index contributed by atoms with van der Waals surface area (Å²) in [6, 6.07) is 8.44. The van der Waals surface area contributed by atoms with E-state index in [9.17, 15) is 10.2 Å². The third kappa shape index (κ3) is 8.79. The van der Waals surface area contributed by atoms with Crippen molar-refractivity contribution in [1.29, 1.82) is 0 Å². The van der Waals surface area contributed by atoms with Crippen LogP contribution in [0.5, 0.6) is 11.5 Å². The van der Waals surface area contributed by atoms with E-state index in [0.717, 1.165) is 57.7 Å². The van der Waals surface area contributed by atoms with Crippen molar-refractivity contribution in [3.05, 3.63) is 46.5 Å². The average molecular weight is 583 g/mol. The Morgan fingerprint density at radius 1 is 0.675 bits per heavy atom. The Kier molecular flexibility index (Phi) is 10.9. The number of phenols is 2. The Labute approximate surface area is 251 Å². The normalized spacial score (nSPS) is 19.0. The van der Waals surface area contributed by atoms with Gasteiger partial charge in [0.15, 0.2) is 0 Å². The van der Waals surface area contributed by atoms with Gasteiger partial charge in [0.1, 0.15) is 11.5 Å². The Morgan fingerprint density at radius 2 is 1.02 bits per heavy atom. The van der Waals surface area contributed by atoms with Crippen molar-refractivity contribution >= 4 is 36.0 Å². The lowest BCUT2D eigenvalue weighted by Gasteiger charge is -2.26. The van der Waals surface area contributed by atoms with E-state index < -0.39 is 0 Å². The van der Waals surface area contributed by atoms with Crippen LogP contribution in [0.15, 0.2) is 44.0 Å². The van der Waals surface area contributed by atoms with Gasteiger partial charge in [-0.3, -0.25) is 9.98 Å². The van der Waals surface area contributed by atoms with Gasteiger partial charge in [0.25, 0.3) is 0 Å². The van der Waals surface area contributed by atoms with Crippen LogP contribution in [-0.2, 0) is 10.8 Å². The van der Waals surface area contributed by atoms with Crippen molar-refractivity contribution in [2.45, 2.75) is 138 Å². The maximum Gasteiger partial charge on any atom is 0.128 e. The van der Waals surface area contributed by atoms with Crippen LogP contribution in [0.2, 0.25) is 0 Å². The second-order valence-electron chi connectivity index (χ2n) is 13.6. The molecule has 1 aliphatic carbocycles. The fourth-order valence-corrected chi connectivity index (χ4v) is 6.92. The Balaban J connectivity index is 1.94. The number of hydrogen-bond donors (Lipinski definition) is 2. The summed E-state index contributed by atoms with van der Waals surface area (Å²) in [6.45, 7) is 21.5. The summed E-state index contributed by atoms with van der Waals surface area (Å²) in [7, 11) is 0. The average Bonchev–Trinajstić information content (AvgIpc) is 2.82. The van der Waals surface area contributed by atoms with Crippen molar-refractivity contribution < 1.29 is 10.2 Å². The molecule has 0 bridgehead atoms. The number of aromatic hydroxyl groups is 2. The summed E-state index contributed by atoms with van der Waals surface area (Å²) in [5.74, 6) is 0.638. The number of thioether (sulfide) groups is 2. The Hall–Kier alpha value is -1.92. The molecule has 1 fully saturated rings. The molecule has 4 nitrogen and oxygen atoms in total. The number of rotatable bonds is 8. The zero-order valence-corrected chi connectivity index (χ0v) is 27.8. The van der Waals surface area contributed by atoms with E-state index >= 15 is 0 Å². The number of phenolic OH excluding ortho intramolecular Hbond substituents is 2. The largest absolute Gasteiger partial charge is 0.507 e. The molecule has 2 N–H and O–H groups in total. The number of aliphatic imine (C=N–C) groups is 2. The third-order valence-corrected chi connectivity index (χ3v) is 9.05. The first-order valence-electron chi connectivity index (χ1n) is 14.7. The predicted molar refractivity (Wildman–Crippen MR) is 177 cm³/mol. The summed E-state index contributed by atoms with van der Waals surface area (Å²) < 4.78 is 0. The number of hydrogen-bond acceptors (Lipinski definition) is 6. The van der Waals surface area contributed by atoms with Crippen molar-refractivity contribution in [2.24, 2.45) is 9.98 Å². The zero-order chi connectivity index (χ0) is 29.8. The molecule has 0 radical (unpaired) electrons. The van der Waals surface area contributed by atoms with Crippen LogP contribution >= 0.6 is 23.5 Å². The van der Waals surface area contributed by atoms with E-state index in [4.69, 9.17) is 9.98 Å². The molecule has 0 spiro atoms. The van der Waals surface area contributed by atoms with Crippen LogP contribution in [0.3, 0.4) is 0 Å². The summed E-state index contributed by atoms with van der Waals surface area (Å²) in [6.07, 6.45) is 7.90. The molecule has 1 saturated carbocycles. The van der Waals surface area contributed by atoms with Gasteiger partial charge in [-0.1, -0.05) is 82.1 Å². The highest BCUT2D eigenvalue weighted by molar-refractivity contribution is 8.00. The summed E-state index contributed by atoms with van der Waals surface area (Å²) in [4.78, 5) is 12.3. The van der Waals surface area contributed by atoms with Crippen molar-refractivity contribution in [2.75, 3.05) is 0 Å². The van der Waals surface area contributed by atoms with E-state index in [1.165, 1.54) is 0 Å². The van der Waals surface area contributed by atoms with E-state index in [2.05, 4.69) is 93.5 Å². The molecule has 3 rings (SSSR count). The van der Waals surface area contributed by atoms with E-state index in [0.29, 0.717) is 22.0 Å². The van der Waals surface area contributed by atoms with E-state index in [1.807, 2.05) is 12.4 Å². The van der Waals surface area contributed by atoms with Gasteiger partial charge in [0, 0.05) is 55.0 Å². The second kappa shape index (κ2) is 13.4. The summed E-state index contributed by atoms with van der Waals surface area (Å²) in [5.41, 5.74) is 3.09. The monoisotopic (exact) mass is 582 g/mol. The van der Waals surface area contributed by atoms with Gasteiger partial charge in [-0.25, -0.2) is 0 Å². The lowest BCUT2D eigenvalue weighted by atomic mass is 9.85. The molecular weight excluding hydrogens is 533 g/mol. The first-order chi connectivity index (χ1) is 18.6. The Bertz CT molecular complexity index is 1120. The highest BCUT2D eigenvalue weighted by atomic mass is 32.2. The lowest BCUT2D eigenvalue weighted by Crippen LogP contribution is -2.27. The highest BCUT2D eigenvalue weighted by Gasteiger charge is 2.26. The molecule has 0 aromatic heterocycles. The van der Waals surface area contributed by atoms with E-state index in [1.54, 1.807) is 23.5 Å². The third-order valence-electron chi connectivity index (χ3n) is 7.09. The lowest BCUT2D eigenvalue weighted by molar-refractivity contribution is 0.389. The minimum Gasteiger partial charge on any atom is -0.507 e. The van der Waals surface area contributed by atoms with Crippen LogP contribution in [0.25, 0.3) is 0 Å². The van der Waals surface area contributed by atoms with Gasteiger partial charge >= 0.3 is 0 Å². The molecule has 0 aliphatic heterocycles. The van der Waals surface area contributed by atoms with Gasteiger partial charge in [0.05, 0.1) is 12.1 Å². The molecule has 2 aromatic carbocycles. The smallest absolute Gasteiger partial charge is 0.128 e. The maximum absolute atomic E-state index is 11.2. The molecule has 2 aromatic rings. The highest BCUT2D eigenvalue weighted by Crippen LogP contribution is 2.39. The topological polar surface area (TPSA) is 65.2 Å². The van der Waals surface area contributed by atoms with Gasteiger partial charge in [-0.2, -0.15) is 0 Å². The van der Waals surface area contributed by atoms with Gasteiger partial charge in [-0.15, -0.1) is 23.5 Å². The van der Waals surface area contributed by atoms with Crippen molar-refractivity contribution in [3.63, 3.8) is 0 Å². The molecule has 220 valence electrons. The molecule has 6 heteroatoms. The minimum absolute atomic E-state index is 0.0429. The zero-order valence-electron chi connectivity index (χ0n) is 26.2. The van der Waals surface area contributed by atoms with Gasteiger partial charge in [0.2, 0.25) is 0 Å². The molecule has 0 saturated heterocycles. The second-order valence-corrected chi connectivity index (χ2v) is 16.9. The standard InChI is InChI=1S/C34H50N2O2S2/c1-21(2)39-25-15-23(31(37)27(17-25)33(5,6)7)19-35-29-13-11-12-14-30(29)36-20-24-16-26(40-22(3)4)18-28(32(24)38)34(8,9)10/h15-22,29-30,37-38H,11-14H2,1-10H3/t29-,30-/m0/s1. The molecule has 40 heavy (non-hydrogen) atoms. The van der Waals surface area contributed by atoms with Gasteiger partial charge < -0.3 is 10.2 Å². The molecule has 1 aliphatic rings. The molecule has 0 heterocycles. The Morgan fingerprint density at radius 3 is 1.32 bits per heavy atom. The number of nitrogens with zero attached hydrogens (tertiary/aromatic N) is 2. The van der Waals surface area contributed by atoms with Crippen LogP contribution in [0.4, 0.5) is 0 Å². The first kappa shape index (κ1) is 32.6. The minimum atomic E-state index is -0.172. The maximum atomic E-state index is 11.2. The first-order valence-corrected chi connectivity index (χ1v) is 16.5. The quantitative estimate of drug-likeness (QED) is 0.240. The van der Waals surface area contributed by atoms with E-state index in [-0.39, 0.29) is 22.9 Å². The summed E-state index contributed by atoms with van der Waals surface area (Å²) >= 11 is 3.61. The fraction of sp³-hybridized carbons (Fsp3) is 0.588.